The molecular weight excluding hydrogens is 460 g/mol. The molecule has 2 heterocycles. The number of amides is 1. The van der Waals surface area contributed by atoms with E-state index in [4.69, 9.17) is 4.74 Å². The van der Waals surface area contributed by atoms with Gasteiger partial charge in [0.1, 0.15) is 11.5 Å². The molecule has 1 unspecified atom stereocenters. The number of hydrogen-bond donors (Lipinski definition) is 2. The van der Waals surface area contributed by atoms with Gasteiger partial charge in [0.15, 0.2) is 0 Å². The summed E-state index contributed by atoms with van der Waals surface area (Å²) in [6.07, 6.45) is 0.527. The number of ether oxygens (including phenoxy) is 1. The Bertz CT molecular complexity index is 1330. The molecule has 7 heteroatoms. The number of rotatable bonds is 7. The maximum atomic E-state index is 12.6. The molecule has 3 aromatic rings. The van der Waals surface area contributed by atoms with Gasteiger partial charge in [0, 0.05) is 15.3 Å². The summed E-state index contributed by atoms with van der Waals surface area (Å²) in [5.74, 6) is -0.735. The first kappa shape index (κ1) is 23.1. The fourth-order valence-electron chi connectivity index (χ4n) is 4.34. The van der Waals surface area contributed by atoms with E-state index < -0.39 is 17.5 Å². The van der Waals surface area contributed by atoms with Crippen LogP contribution in [0, 0.1) is 0 Å². The molecule has 178 valence electrons. The van der Waals surface area contributed by atoms with Crippen molar-refractivity contribution in [2.45, 2.75) is 38.2 Å². The molecule has 6 nitrogen and oxygen atoms in total. The van der Waals surface area contributed by atoms with Crippen molar-refractivity contribution in [3.05, 3.63) is 88.4 Å². The second-order valence-electron chi connectivity index (χ2n) is 8.97. The highest BCUT2D eigenvalue weighted by atomic mass is 32.1. The molecule has 0 radical (unpaired) electrons. The maximum absolute atomic E-state index is 12.6. The third-order valence-electron chi connectivity index (χ3n) is 6.67. The molecule has 1 aliphatic carbocycles. The van der Waals surface area contributed by atoms with Gasteiger partial charge in [-0.05, 0) is 55.5 Å². The second kappa shape index (κ2) is 9.15. The Hall–Kier alpha value is -3.71. The van der Waals surface area contributed by atoms with Gasteiger partial charge in [-0.3, -0.25) is 15.1 Å². The van der Waals surface area contributed by atoms with Gasteiger partial charge in [-0.2, -0.15) is 0 Å². The molecular formula is C28H26N2O4S. The molecule has 1 aromatic heterocycles. The van der Waals surface area contributed by atoms with E-state index in [1.165, 1.54) is 0 Å². The lowest BCUT2D eigenvalue weighted by Crippen LogP contribution is -2.27. The summed E-state index contributed by atoms with van der Waals surface area (Å²) in [5.41, 5.74) is 4.64. The van der Waals surface area contributed by atoms with E-state index >= 15 is 0 Å². The minimum absolute atomic E-state index is 0.371. The molecule has 1 amide bonds. The second-order valence-corrected chi connectivity index (χ2v) is 10.1. The van der Waals surface area contributed by atoms with Crippen LogP contribution < -0.4 is 5.32 Å². The van der Waals surface area contributed by atoms with Gasteiger partial charge < -0.3 is 9.84 Å². The van der Waals surface area contributed by atoms with Gasteiger partial charge >= 0.3 is 12.1 Å². The van der Waals surface area contributed by atoms with Crippen LogP contribution in [0.15, 0.2) is 77.4 Å². The Morgan fingerprint density at radius 2 is 1.71 bits per heavy atom. The summed E-state index contributed by atoms with van der Waals surface area (Å²) >= 11 is 1.55. The summed E-state index contributed by atoms with van der Waals surface area (Å²) in [6, 6.07) is 21.6. The number of nitrogens with zero attached hydrogens (tertiary/aromatic N) is 1. The van der Waals surface area contributed by atoms with E-state index in [2.05, 4.69) is 10.3 Å². The van der Waals surface area contributed by atoms with Crippen molar-refractivity contribution in [2.75, 3.05) is 6.54 Å². The number of benzene rings is 2. The van der Waals surface area contributed by atoms with Crippen molar-refractivity contribution in [2.24, 2.45) is 4.99 Å². The van der Waals surface area contributed by atoms with Crippen LogP contribution in [-0.2, 0) is 14.9 Å². The fraction of sp³-hybridized carbons (Fsp3) is 0.250. The molecule has 35 heavy (non-hydrogen) atoms. The molecule has 2 aromatic carbocycles. The molecule has 1 fully saturated rings. The van der Waals surface area contributed by atoms with Crippen LogP contribution in [0.1, 0.15) is 48.8 Å². The number of carbonyl (C=O) groups excluding carboxylic acids is 1. The van der Waals surface area contributed by atoms with Crippen LogP contribution in [0.5, 0.6) is 0 Å². The van der Waals surface area contributed by atoms with E-state index in [1.807, 2.05) is 80.6 Å². The summed E-state index contributed by atoms with van der Waals surface area (Å²) in [4.78, 5) is 30.7. The van der Waals surface area contributed by atoms with Gasteiger partial charge in [-0.1, -0.05) is 54.6 Å². The highest BCUT2D eigenvalue weighted by Gasteiger charge is 2.52. The predicted molar refractivity (Wildman–Crippen MR) is 138 cm³/mol. The minimum Gasteiger partial charge on any atom is -0.481 e. The number of carbonyl (C=O) groups is 2. The number of hydrogen-bond acceptors (Lipinski definition) is 5. The average Bonchev–Trinajstić information content (AvgIpc) is 3.40. The molecule has 0 spiro atoms. The first-order valence-electron chi connectivity index (χ1n) is 11.6. The molecule has 2 aliphatic rings. The van der Waals surface area contributed by atoms with Crippen LogP contribution in [-0.4, -0.2) is 29.4 Å². The number of allylic oxidation sites excluding steroid dienone is 1. The third-order valence-corrected chi connectivity index (χ3v) is 8.01. The smallest absolute Gasteiger partial charge is 0.412 e. The number of aliphatic imine (C=N–C) groups is 1. The standard InChI is InChI=1S/C28H26N2O4S/c1-17-25(30-27(33)34-18(2)19-6-4-3-5-7-19)22(16-29-17)20-8-10-21(11-9-20)23-12-13-24(35-23)28(14-15-28)26(31)32/h3-13,18H,14-16H2,1-2H3,(H,30,33)(H,31,32). The topological polar surface area (TPSA) is 88.0 Å². The normalized spacial score (nSPS) is 17.0. The average molecular weight is 487 g/mol. The Morgan fingerprint density at radius 3 is 2.37 bits per heavy atom. The highest BCUT2D eigenvalue weighted by molar-refractivity contribution is 7.15. The van der Waals surface area contributed by atoms with E-state index in [1.54, 1.807) is 11.3 Å². The summed E-state index contributed by atoms with van der Waals surface area (Å²) in [7, 11) is 0. The molecule has 0 bridgehead atoms. The van der Waals surface area contributed by atoms with Crippen molar-refractivity contribution in [3.8, 4) is 10.4 Å². The van der Waals surface area contributed by atoms with Gasteiger partial charge in [0.2, 0.25) is 0 Å². The van der Waals surface area contributed by atoms with Crippen molar-refractivity contribution in [1.29, 1.82) is 0 Å². The van der Waals surface area contributed by atoms with Crippen LogP contribution in [0.3, 0.4) is 0 Å². The first-order valence-corrected chi connectivity index (χ1v) is 12.4. The zero-order valence-corrected chi connectivity index (χ0v) is 20.4. The monoisotopic (exact) mass is 486 g/mol. The van der Waals surface area contributed by atoms with Crippen LogP contribution in [0.4, 0.5) is 4.79 Å². The fourth-order valence-corrected chi connectivity index (χ4v) is 5.59. The zero-order chi connectivity index (χ0) is 24.6. The lowest BCUT2D eigenvalue weighted by atomic mass is 10.0. The number of carboxylic acid groups (broad SMARTS) is 1. The highest BCUT2D eigenvalue weighted by Crippen LogP contribution is 2.51. The van der Waals surface area contributed by atoms with Crippen LogP contribution in [0.2, 0.25) is 0 Å². The van der Waals surface area contributed by atoms with E-state index in [9.17, 15) is 14.7 Å². The molecule has 5 rings (SSSR count). The van der Waals surface area contributed by atoms with Gasteiger partial charge in [0.05, 0.1) is 18.0 Å². The van der Waals surface area contributed by atoms with Gasteiger partial charge in [0.25, 0.3) is 0 Å². The van der Waals surface area contributed by atoms with Crippen molar-refractivity contribution in [1.82, 2.24) is 5.32 Å². The van der Waals surface area contributed by atoms with Crippen molar-refractivity contribution in [3.63, 3.8) is 0 Å². The lowest BCUT2D eigenvalue weighted by molar-refractivity contribution is -0.139. The largest absolute Gasteiger partial charge is 0.481 e. The number of thiophene rings is 1. The van der Waals surface area contributed by atoms with Crippen molar-refractivity contribution >= 4 is 34.7 Å². The number of carboxylic acids is 1. The Balaban J connectivity index is 1.31. The zero-order valence-electron chi connectivity index (χ0n) is 19.6. The quantitative estimate of drug-likeness (QED) is 0.416. The van der Waals surface area contributed by atoms with E-state index in [0.29, 0.717) is 25.1 Å². The summed E-state index contributed by atoms with van der Waals surface area (Å²) < 4.78 is 5.58. The maximum Gasteiger partial charge on any atom is 0.412 e. The molecule has 1 aliphatic heterocycles. The SMILES string of the molecule is CC1=NCC(c2ccc(-c3ccc(C4(C(=O)O)CC4)s3)cc2)=C1NC(=O)OC(C)c1ccccc1. The summed E-state index contributed by atoms with van der Waals surface area (Å²) in [6.45, 7) is 4.20. The predicted octanol–water partition coefficient (Wildman–Crippen LogP) is 6.20. The lowest BCUT2D eigenvalue weighted by Gasteiger charge is -2.16. The Kier molecular flexibility index (Phi) is 6.03. The number of nitrogens with one attached hydrogen (secondary N) is 1. The number of aliphatic carboxylic acids is 1. The molecule has 1 saturated carbocycles. The molecule has 2 N–H and O–H groups in total. The first-order chi connectivity index (χ1) is 16.9. The number of alkyl carbamates (subject to hydrolysis) is 1. The summed E-state index contributed by atoms with van der Waals surface area (Å²) in [5, 5.41) is 12.5. The van der Waals surface area contributed by atoms with Gasteiger partial charge in [-0.15, -0.1) is 11.3 Å². The van der Waals surface area contributed by atoms with Crippen LogP contribution in [0.25, 0.3) is 16.0 Å². The van der Waals surface area contributed by atoms with Crippen LogP contribution >= 0.6 is 11.3 Å². The van der Waals surface area contributed by atoms with E-state index in [0.717, 1.165) is 37.7 Å². The van der Waals surface area contributed by atoms with Gasteiger partial charge in [-0.25, -0.2) is 4.79 Å². The Labute approximate surface area is 208 Å². The molecule has 1 atom stereocenters. The Morgan fingerprint density at radius 1 is 1.03 bits per heavy atom. The van der Waals surface area contributed by atoms with E-state index in [-0.39, 0.29) is 6.10 Å². The minimum atomic E-state index is -0.735. The van der Waals surface area contributed by atoms with Crippen molar-refractivity contribution < 1.29 is 19.4 Å². The third kappa shape index (κ3) is 4.51. The molecule has 0 saturated heterocycles.